The molecule has 3 fully saturated rings. The van der Waals surface area contributed by atoms with Gasteiger partial charge in [0, 0.05) is 5.69 Å². The first kappa shape index (κ1) is 17.7. The second-order valence-corrected chi connectivity index (χ2v) is 7.73. The first-order chi connectivity index (χ1) is 12.9. The van der Waals surface area contributed by atoms with Crippen molar-refractivity contribution in [2.24, 2.45) is 23.7 Å². The summed E-state index contributed by atoms with van der Waals surface area (Å²) in [6, 6.07) is 7.25. The van der Waals surface area contributed by atoms with Crippen molar-refractivity contribution in [1.82, 2.24) is 4.90 Å². The Balaban J connectivity index is 1.29. The highest BCUT2D eigenvalue weighted by Crippen LogP contribution is 2.56. The molecule has 7 heteroatoms. The molecule has 0 unspecified atom stereocenters. The molecular weight excluding hydrogens is 348 g/mol. The maximum atomic E-state index is 12.6. The molecule has 1 N–H and O–H groups in total. The Bertz CT molecular complexity index is 792. The SMILES string of the molecule is Cc1cccc(NC(=O)COC(=O)CN2C(=O)[C@@H]3[C@H]4CC[C@@H](C4)[C@@H]3C2=O)c1. The number of ether oxygens (including phenoxy) is 1. The van der Waals surface area contributed by atoms with E-state index in [1.807, 2.05) is 19.1 Å². The van der Waals surface area contributed by atoms with Crippen LogP contribution in [-0.4, -0.2) is 41.7 Å². The molecule has 1 saturated heterocycles. The number of carbonyl (C=O) groups excluding carboxylic acids is 4. The number of hydrogen-bond donors (Lipinski definition) is 1. The van der Waals surface area contributed by atoms with Crippen LogP contribution in [-0.2, 0) is 23.9 Å². The van der Waals surface area contributed by atoms with Gasteiger partial charge in [-0.3, -0.25) is 24.1 Å². The number of amides is 3. The number of benzene rings is 1. The first-order valence-corrected chi connectivity index (χ1v) is 9.31. The second-order valence-electron chi connectivity index (χ2n) is 7.73. The molecule has 142 valence electrons. The highest BCUT2D eigenvalue weighted by atomic mass is 16.5. The van der Waals surface area contributed by atoms with Gasteiger partial charge >= 0.3 is 5.97 Å². The van der Waals surface area contributed by atoms with Crippen molar-refractivity contribution in [3.8, 4) is 0 Å². The lowest BCUT2D eigenvalue weighted by Crippen LogP contribution is -2.38. The quantitative estimate of drug-likeness (QED) is 0.626. The van der Waals surface area contributed by atoms with Gasteiger partial charge in [-0.05, 0) is 55.7 Å². The molecule has 2 saturated carbocycles. The van der Waals surface area contributed by atoms with Gasteiger partial charge in [0.2, 0.25) is 11.8 Å². The molecule has 2 bridgehead atoms. The number of carbonyl (C=O) groups is 4. The third-order valence-corrected chi connectivity index (χ3v) is 5.97. The number of esters is 1. The Morgan fingerprint density at radius 3 is 2.44 bits per heavy atom. The minimum absolute atomic E-state index is 0.252. The number of imide groups is 1. The van der Waals surface area contributed by atoms with E-state index < -0.39 is 25.0 Å². The highest BCUT2D eigenvalue weighted by molar-refractivity contribution is 6.07. The molecule has 0 aromatic heterocycles. The van der Waals surface area contributed by atoms with E-state index in [-0.39, 0.29) is 35.5 Å². The molecule has 0 radical (unpaired) electrons. The van der Waals surface area contributed by atoms with Gasteiger partial charge in [0.1, 0.15) is 6.54 Å². The van der Waals surface area contributed by atoms with Crippen LogP contribution in [0.1, 0.15) is 24.8 Å². The maximum Gasteiger partial charge on any atom is 0.326 e. The first-order valence-electron chi connectivity index (χ1n) is 9.31. The average molecular weight is 370 g/mol. The lowest BCUT2D eigenvalue weighted by Gasteiger charge is -2.19. The zero-order valence-electron chi connectivity index (χ0n) is 15.1. The zero-order valence-corrected chi connectivity index (χ0v) is 15.1. The van der Waals surface area contributed by atoms with Crippen molar-refractivity contribution >= 4 is 29.4 Å². The Hall–Kier alpha value is -2.70. The van der Waals surface area contributed by atoms with Crippen LogP contribution in [0, 0.1) is 30.6 Å². The molecule has 0 spiro atoms. The fourth-order valence-corrected chi connectivity index (χ4v) is 4.87. The van der Waals surface area contributed by atoms with Crippen LogP contribution in [0.3, 0.4) is 0 Å². The fourth-order valence-electron chi connectivity index (χ4n) is 4.87. The van der Waals surface area contributed by atoms with Crippen LogP contribution < -0.4 is 5.32 Å². The lowest BCUT2D eigenvalue weighted by molar-refractivity contribution is -0.154. The van der Waals surface area contributed by atoms with Crippen LogP contribution in [0.25, 0.3) is 0 Å². The van der Waals surface area contributed by atoms with E-state index in [1.165, 1.54) is 0 Å². The molecule has 4 rings (SSSR count). The van der Waals surface area contributed by atoms with E-state index >= 15 is 0 Å². The van der Waals surface area contributed by atoms with E-state index in [2.05, 4.69) is 5.32 Å². The maximum absolute atomic E-state index is 12.6. The normalized spacial score (nSPS) is 28.4. The minimum Gasteiger partial charge on any atom is -0.454 e. The van der Waals surface area contributed by atoms with Crippen LogP contribution in [0.5, 0.6) is 0 Å². The van der Waals surface area contributed by atoms with Gasteiger partial charge < -0.3 is 10.1 Å². The predicted octanol–water partition coefficient (Wildman–Crippen LogP) is 1.51. The third-order valence-electron chi connectivity index (χ3n) is 5.97. The van der Waals surface area contributed by atoms with Gasteiger partial charge in [-0.2, -0.15) is 0 Å². The summed E-state index contributed by atoms with van der Waals surface area (Å²) in [6.45, 7) is 1.03. The molecule has 4 atom stereocenters. The average Bonchev–Trinajstić information content (AvgIpc) is 3.30. The summed E-state index contributed by atoms with van der Waals surface area (Å²) in [7, 11) is 0. The van der Waals surface area contributed by atoms with Crippen LogP contribution in [0.15, 0.2) is 24.3 Å². The van der Waals surface area contributed by atoms with Crippen molar-refractivity contribution < 1.29 is 23.9 Å². The minimum atomic E-state index is -0.747. The van der Waals surface area contributed by atoms with Crippen molar-refractivity contribution in [3.63, 3.8) is 0 Å². The summed E-state index contributed by atoms with van der Waals surface area (Å²) in [5.74, 6) is -1.68. The summed E-state index contributed by atoms with van der Waals surface area (Å²) in [4.78, 5) is 50.1. The van der Waals surface area contributed by atoms with Crippen molar-refractivity contribution in [2.75, 3.05) is 18.5 Å². The van der Waals surface area contributed by atoms with E-state index in [4.69, 9.17) is 4.74 Å². The van der Waals surface area contributed by atoms with Crippen LogP contribution in [0.4, 0.5) is 5.69 Å². The van der Waals surface area contributed by atoms with Gasteiger partial charge in [0.05, 0.1) is 11.8 Å². The molecule has 1 heterocycles. The van der Waals surface area contributed by atoms with Crippen molar-refractivity contribution in [2.45, 2.75) is 26.2 Å². The van der Waals surface area contributed by atoms with Gasteiger partial charge in [-0.15, -0.1) is 0 Å². The highest BCUT2D eigenvalue weighted by Gasteiger charge is 2.61. The lowest BCUT2D eigenvalue weighted by atomic mass is 9.81. The number of hydrogen-bond acceptors (Lipinski definition) is 5. The number of rotatable bonds is 5. The summed E-state index contributed by atoms with van der Waals surface area (Å²) in [6.07, 6.45) is 2.93. The Labute approximate surface area is 157 Å². The molecule has 3 amide bonds. The Kier molecular flexibility index (Phi) is 4.45. The van der Waals surface area contributed by atoms with E-state index in [1.54, 1.807) is 12.1 Å². The smallest absolute Gasteiger partial charge is 0.326 e. The Morgan fingerprint density at radius 1 is 1.15 bits per heavy atom. The number of likely N-dealkylation sites (tertiary alicyclic amines) is 1. The third kappa shape index (κ3) is 3.22. The van der Waals surface area contributed by atoms with Gasteiger partial charge in [0.25, 0.3) is 5.91 Å². The number of aryl methyl sites for hydroxylation is 1. The van der Waals surface area contributed by atoms with Gasteiger partial charge in [-0.25, -0.2) is 0 Å². The summed E-state index contributed by atoms with van der Waals surface area (Å²) >= 11 is 0. The largest absolute Gasteiger partial charge is 0.454 e. The number of nitrogens with zero attached hydrogens (tertiary/aromatic N) is 1. The summed E-state index contributed by atoms with van der Waals surface area (Å²) in [5, 5.41) is 2.64. The molecular formula is C20H22N2O5. The van der Waals surface area contributed by atoms with Crippen molar-refractivity contribution in [1.29, 1.82) is 0 Å². The number of anilines is 1. The fraction of sp³-hybridized carbons (Fsp3) is 0.500. The Morgan fingerprint density at radius 2 is 1.81 bits per heavy atom. The van der Waals surface area contributed by atoms with Gasteiger partial charge in [0.15, 0.2) is 6.61 Å². The summed E-state index contributed by atoms with van der Waals surface area (Å²) in [5.41, 5.74) is 1.61. The van der Waals surface area contributed by atoms with Crippen molar-refractivity contribution in [3.05, 3.63) is 29.8 Å². The van der Waals surface area contributed by atoms with E-state index in [0.29, 0.717) is 5.69 Å². The monoisotopic (exact) mass is 370 g/mol. The number of nitrogens with one attached hydrogen (secondary N) is 1. The second kappa shape index (κ2) is 6.79. The van der Waals surface area contributed by atoms with Crippen LogP contribution >= 0.6 is 0 Å². The number of fused-ring (bicyclic) bond motifs is 5. The molecule has 7 nitrogen and oxygen atoms in total. The molecule has 2 aliphatic carbocycles. The molecule has 1 aliphatic heterocycles. The summed E-state index contributed by atoms with van der Waals surface area (Å²) < 4.78 is 4.96. The molecule has 1 aromatic rings. The predicted molar refractivity (Wildman–Crippen MR) is 95.3 cm³/mol. The van der Waals surface area contributed by atoms with Gasteiger partial charge in [-0.1, -0.05) is 12.1 Å². The zero-order chi connectivity index (χ0) is 19.1. The van der Waals surface area contributed by atoms with Crippen LogP contribution in [0.2, 0.25) is 0 Å². The standard InChI is InChI=1S/C20H22N2O5/c1-11-3-2-4-14(7-11)21-15(23)10-27-16(24)9-22-19(25)17-12-5-6-13(8-12)18(17)20(22)26/h2-4,7,12-13,17-18H,5-6,8-10H2,1H3,(H,21,23)/t12-,13-,17-,18+/m0/s1. The molecule has 1 aromatic carbocycles. The topological polar surface area (TPSA) is 92.8 Å². The van der Waals surface area contributed by atoms with E-state index in [0.717, 1.165) is 29.7 Å². The van der Waals surface area contributed by atoms with E-state index in [9.17, 15) is 19.2 Å². The molecule has 3 aliphatic rings. The molecule has 27 heavy (non-hydrogen) atoms.